The summed E-state index contributed by atoms with van der Waals surface area (Å²) in [7, 11) is 1.61. The van der Waals surface area contributed by atoms with E-state index in [0.29, 0.717) is 6.42 Å². The lowest BCUT2D eigenvalue weighted by Crippen LogP contribution is -2.30. The molecule has 1 unspecified atom stereocenters. The van der Waals surface area contributed by atoms with Gasteiger partial charge in [0.15, 0.2) is 5.79 Å². The summed E-state index contributed by atoms with van der Waals surface area (Å²) >= 11 is 0. The molecule has 0 aliphatic heterocycles. The molecule has 1 atom stereocenters. The van der Waals surface area contributed by atoms with Crippen LogP contribution in [-0.2, 0) is 9.47 Å². The summed E-state index contributed by atoms with van der Waals surface area (Å²) < 4.78 is 10.5. The van der Waals surface area contributed by atoms with Crippen LogP contribution in [0.15, 0.2) is 0 Å². The summed E-state index contributed by atoms with van der Waals surface area (Å²) in [6.07, 6.45) is 5.79. The fraction of sp³-hybridized carbons (Fsp3) is 0.778. The van der Waals surface area contributed by atoms with Crippen molar-refractivity contribution in [2.45, 2.75) is 39.1 Å². The van der Waals surface area contributed by atoms with E-state index in [4.69, 9.17) is 15.9 Å². The minimum atomic E-state index is -0.531. The minimum absolute atomic E-state index is 0.0509. The molecule has 0 saturated carbocycles. The van der Waals surface area contributed by atoms with Gasteiger partial charge in [-0.2, -0.15) is 0 Å². The molecular formula is C9H16O2. The maximum atomic E-state index is 5.46. The summed E-state index contributed by atoms with van der Waals surface area (Å²) in [6.45, 7) is 5.65. The first kappa shape index (κ1) is 10.5. The number of methoxy groups -OCH3 is 1. The third kappa shape index (κ3) is 4.83. The second-order valence-electron chi connectivity index (χ2n) is 2.94. The smallest absolute Gasteiger partial charge is 0.162 e. The Kier molecular flexibility index (Phi) is 4.17. The van der Waals surface area contributed by atoms with Gasteiger partial charge in [0.2, 0.25) is 0 Å². The van der Waals surface area contributed by atoms with Crippen LogP contribution >= 0.6 is 0 Å². The largest absolute Gasteiger partial charge is 0.354 e. The summed E-state index contributed by atoms with van der Waals surface area (Å²) in [5, 5.41) is 0. The number of hydrogen-bond donors (Lipinski definition) is 0. The third-order valence-electron chi connectivity index (χ3n) is 1.38. The Morgan fingerprint density at radius 3 is 2.45 bits per heavy atom. The monoisotopic (exact) mass is 156 g/mol. The van der Waals surface area contributed by atoms with Gasteiger partial charge >= 0.3 is 0 Å². The van der Waals surface area contributed by atoms with Crippen molar-refractivity contribution in [1.82, 2.24) is 0 Å². The van der Waals surface area contributed by atoms with Gasteiger partial charge in [-0.25, -0.2) is 0 Å². The van der Waals surface area contributed by atoms with E-state index in [-0.39, 0.29) is 6.10 Å². The Hall–Kier alpha value is -0.520. The maximum absolute atomic E-state index is 5.46. The van der Waals surface area contributed by atoms with Crippen LogP contribution in [0.1, 0.15) is 27.2 Å². The lowest BCUT2D eigenvalue weighted by molar-refractivity contribution is -0.218. The Morgan fingerprint density at radius 2 is 2.09 bits per heavy atom. The van der Waals surface area contributed by atoms with Crippen molar-refractivity contribution < 1.29 is 9.47 Å². The number of rotatable bonds is 4. The Bertz CT molecular complexity index is 144. The molecule has 2 heteroatoms. The molecule has 0 aromatic carbocycles. The second-order valence-corrected chi connectivity index (χ2v) is 2.94. The highest BCUT2D eigenvalue weighted by Crippen LogP contribution is 2.13. The Balaban J connectivity index is 3.75. The fourth-order valence-electron chi connectivity index (χ4n) is 0.740. The molecule has 0 aromatic rings. The van der Waals surface area contributed by atoms with E-state index >= 15 is 0 Å². The molecule has 0 spiro atoms. The maximum Gasteiger partial charge on any atom is 0.162 e. The molecule has 0 aliphatic rings. The summed E-state index contributed by atoms with van der Waals surface area (Å²) in [5.41, 5.74) is 0. The molecule has 0 bridgehead atoms. The van der Waals surface area contributed by atoms with Gasteiger partial charge in [0, 0.05) is 13.5 Å². The molecular weight excluding hydrogens is 140 g/mol. The molecule has 0 rings (SSSR count). The first-order valence-corrected chi connectivity index (χ1v) is 3.68. The van der Waals surface area contributed by atoms with Crippen LogP contribution in [0.2, 0.25) is 0 Å². The highest BCUT2D eigenvalue weighted by Gasteiger charge is 2.19. The van der Waals surface area contributed by atoms with Gasteiger partial charge in [0.05, 0.1) is 6.10 Å². The van der Waals surface area contributed by atoms with Gasteiger partial charge in [-0.1, -0.05) is 0 Å². The van der Waals surface area contributed by atoms with Gasteiger partial charge < -0.3 is 9.47 Å². The summed E-state index contributed by atoms with van der Waals surface area (Å²) in [4.78, 5) is 0. The van der Waals surface area contributed by atoms with Crippen LogP contribution in [0.25, 0.3) is 0 Å². The summed E-state index contributed by atoms with van der Waals surface area (Å²) in [6, 6.07) is 0. The fourth-order valence-corrected chi connectivity index (χ4v) is 0.740. The van der Waals surface area contributed by atoms with Crippen molar-refractivity contribution in [3.8, 4) is 12.3 Å². The molecule has 0 radical (unpaired) electrons. The van der Waals surface area contributed by atoms with Crippen molar-refractivity contribution in [3.63, 3.8) is 0 Å². The van der Waals surface area contributed by atoms with Crippen molar-refractivity contribution >= 4 is 0 Å². The van der Waals surface area contributed by atoms with Gasteiger partial charge in [0.25, 0.3) is 0 Å². The highest BCUT2D eigenvalue weighted by atomic mass is 16.7. The highest BCUT2D eigenvalue weighted by molar-refractivity contribution is 4.86. The molecule has 64 valence electrons. The van der Waals surface area contributed by atoms with E-state index in [1.54, 1.807) is 7.11 Å². The minimum Gasteiger partial charge on any atom is -0.354 e. The standard InChI is InChI=1S/C9H16O2/c1-6-7-8(2)11-9(3,4)10-5/h1,8H,7H2,2-5H3. The first-order chi connectivity index (χ1) is 5.02. The van der Waals surface area contributed by atoms with Gasteiger partial charge in [0.1, 0.15) is 0 Å². The molecule has 0 aliphatic carbocycles. The van der Waals surface area contributed by atoms with Crippen molar-refractivity contribution in [2.75, 3.05) is 7.11 Å². The summed E-state index contributed by atoms with van der Waals surface area (Å²) in [5.74, 6) is 2.00. The van der Waals surface area contributed by atoms with Crippen molar-refractivity contribution in [3.05, 3.63) is 0 Å². The van der Waals surface area contributed by atoms with Crippen LogP contribution < -0.4 is 0 Å². The molecule has 0 aromatic heterocycles. The lowest BCUT2D eigenvalue weighted by atomic mass is 10.3. The quantitative estimate of drug-likeness (QED) is 0.456. The SMILES string of the molecule is C#CCC(C)OC(C)(C)OC. The normalized spacial score (nSPS) is 14.1. The average Bonchev–Trinajstić information content (AvgIpc) is 1.87. The molecule has 0 saturated heterocycles. The van der Waals surface area contributed by atoms with Crippen LogP contribution in [0.3, 0.4) is 0 Å². The van der Waals surface area contributed by atoms with Crippen LogP contribution in [-0.4, -0.2) is 19.0 Å². The average molecular weight is 156 g/mol. The number of hydrogen-bond acceptors (Lipinski definition) is 2. The van der Waals surface area contributed by atoms with Gasteiger partial charge in [-0.15, -0.1) is 12.3 Å². The lowest BCUT2D eigenvalue weighted by Gasteiger charge is -2.26. The second kappa shape index (κ2) is 4.38. The van der Waals surface area contributed by atoms with E-state index in [9.17, 15) is 0 Å². The van der Waals surface area contributed by atoms with Crippen LogP contribution in [0.5, 0.6) is 0 Å². The van der Waals surface area contributed by atoms with E-state index in [2.05, 4.69) is 5.92 Å². The first-order valence-electron chi connectivity index (χ1n) is 3.68. The Morgan fingerprint density at radius 1 is 1.55 bits per heavy atom. The van der Waals surface area contributed by atoms with E-state index in [0.717, 1.165) is 0 Å². The van der Waals surface area contributed by atoms with Crippen LogP contribution in [0.4, 0.5) is 0 Å². The van der Waals surface area contributed by atoms with Crippen molar-refractivity contribution in [2.24, 2.45) is 0 Å². The van der Waals surface area contributed by atoms with E-state index in [1.165, 1.54) is 0 Å². The Labute approximate surface area is 68.9 Å². The zero-order valence-electron chi connectivity index (χ0n) is 7.68. The number of terminal acetylenes is 1. The van der Waals surface area contributed by atoms with Crippen LogP contribution in [0, 0.1) is 12.3 Å². The van der Waals surface area contributed by atoms with E-state index < -0.39 is 5.79 Å². The number of ether oxygens (including phenoxy) is 2. The molecule has 0 N–H and O–H groups in total. The predicted octanol–water partition coefficient (Wildman–Crippen LogP) is 1.80. The molecule has 2 nitrogen and oxygen atoms in total. The van der Waals surface area contributed by atoms with Crippen molar-refractivity contribution in [1.29, 1.82) is 0 Å². The van der Waals surface area contributed by atoms with E-state index in [1.807, 2.05) is 20.8 Å². The van der Waals surface area contributed by atoms with Gasteiger partial charge in [-0.3, -0.25) is 0 Å². The molecule has 11 heavy (non-hydrogen) atoms. The zero-order valence-corrected chi connectivity index (χ0v) is 7.68. The third-order valence-corrected chi connectivity index (χ3v) is 1.38. The zero-order chi connectivity index (χ0) is 8.91. The predicted molar refractivity (Wildman–Crippen MR) is 45.1 cm³/mol. The molecule has 0 fully saturated rings. The molecule has 0 heterocycles. The molecule has 0 amide bonds. The van der Waals surface area contributed by atoms with Gasteiger partial charge in [-0.05, 0) is 20.8 Å². The topological polar surface area (TPSA) is 18.5 Å².